The molecule has 0 aliphatic rings. The van der Waals surface area contributed by atoms with Gasteiger partial charge in [-0.25, -0.2) is 8.78 Å². The largest absolute Gasteiger partial charge is 0.490 e. The molecule has 1 aromatic rings. The molecule has 0 heterocycles. The first kappa shape index (κ1) is 13.7. The fourth-order valence-electron chi connectivity index (χ4n) is 1.77. The van der Waals surface area contributed by atoms with Crippen molar-refractivity contribution < 1.29 is 13.5 Å². The van der Waals surface area contributed by atoms with Crippen LogP contribution in [0.5, 0.6) is 5.75 Å². The van der Waals surface area contributed by atoms with Crippen LogP contribution >= 0.6 is 0 Å². The van der Waals surface area contributed by atoms with Crippen LogP contribution in [0.15, 0.2) is 18.2 Å². The zero-order valence-electron chi connectivity index (χ0n) is 10.4. The summed E-state index contributed by atoms with van der Waals surface area (Å²) in [5.74, 6) is 0.691. The van der Waals surface area contributed by atoms with E-state index in [1.807, 2.05) is 6.92 Å². The fourth-order valence-corrected chi connectivity index (χ4v) is 1.77. The summed E-state index contributed by atoms with van der Waals surface area (Å²) in [5.41, 5.74) is 5.67. The second-order valence-electron chi connectivity index (χ2n) is 4.66. The molecule has 0 aliphatic carbocycles. The predicted molar refractivity (Wildman–Crippen MR) is 65.4 cm³/mol. The van der Waals surface area contributed by atoms with Crippen LogP contribution < -0.4 is 10.5 Å². The quantitative estimate of drug-likeness (QED) is 0.793. The van der Waals surface area contributed by atoms with Crippen molar-refractivity contribution >= 4 is 5.69 Å². The third kappa shape index (κ3) is 4.21. The Morgan fingerprint density at radius 2 is 1.88 bits per heavy atom. The molecular weight excluding hydrogens is 224 g/mol. The van der Waals surface area contributed by atoms with Gasteiger partial charge in [0.25, 0.3) is 6.43 Å². The second kappa shape index (κ2) is 5.84. The number of hydrogen-bond donors (Lipinski definition) is 1. The van der Waals surface area contributed by atoms with Gasteiger partial charge in [0.1, 0.15) is 5.75 Å². The van der Waals surface area contributed by atoms with Crippen LogP contribution in [-0.4, -0.2) is 6.10 Å². The monoisotopic (exact) mass is 243 g/mol. The zero-order valence-corrected chi connectivity index (χ0v) is 10.4. The number of anilines is 1. The van der Waals surface area contributed by atoms with E-state index < -0.39 is 6.43 Å². The molecule has 17 heavy (non-hydrogen) atoms. The Hall–Kier alpha value is -1.32. The van der Waals surface area contributed by atoms with E-state index in [0.29, 0.717) is 11.6 Å². The highest BCUT2D eigenvalue weighted by atomic mass is 19.3. The van der Waals surface area contributed by atoms with Crippen molar-refractivity contribution in [3.63, 3.8) is 0 Å². The van der Waals surface area contributed by atoms with Gasteiger partial charge in [-0.2, -0.15) is 0 Å². The molecule has 1 rings (SSSR count). The molecule has 1 atom stereocenters. The van der Waals surface area contributed by atoms with Gasteiger partial charge >= 0.3 is 0 Å². The molecule has 96 valence electrons. The van der Waals surface area contributed by atoms with Crippen LogP contribution in [0.25, 0.3) is 0 Å². The maximum atomic E-state index is 12.8. The third-order valence-electron chi connectivity index (χ3n) is 2.40. The van der Waals surface area contributed by atoms with E-state index in [2.05, 4.69) is 13.8 Å². The van der Waals surface area contributed by atoms with Crippen LogP contribution in [0.1, 0.15) is 39.2 Å². The van der Waals surface area contributed by atoms with Gasteiger partial charge in [-0.05, 0) is 37.5 Å². The lowest BCUT2D eigenvalue weighted by atomic mass is 10.1. The number of alkyl halides is 2. The standard InChI is InChI=1S/C13H19F2NO/c1-8(2)6-9(3)17-12-5-4-10(16)7-11(12)13(14)15/h4-5,7-9,13H,6,16H2,1-3H3. The van der Waals surface area contributed by atoms with E-state index in [1.54, 1.807) is 6.07 Å². The number of rotatable bonds is 5. The number of ether oxygens (including phenoxy) is 1. The van der Waals surface area contributed by atoms with Crippen LogP contribution in [0.4, 0.5) is 14.5 Å². The Balaban J connectivity index is 2.83. The molecule has 0 aliphatic heterocycles. The van der Waals surface area contributed by atoms with Gasteiger partial charge < -0.3 is 10.5 Å². The number of nitrogens with two attached hydrogens (primary N) is 1. The van der Waals surface area contributed by atoms with Gasteiger partial charge in [0.15, 0.2) is 0 Å². The first-order valence-electron chi connectivity index (χ1n) is 5.74. The molecular formula is C13H19F2NO. The molecule has 0 aromatic heterocycles. The van der Waals surface area contributed by atoms with Crippen molar-refractivity contribution in [3.8, 4) is 5.75 Å². The molecule has 0 saturated heterocycles. The Labute approximate surface area is 101 Å². The first-order valence-corrected chi connectivity index (χ1v) is 5.74. The SMILES string of the molecule is CC(C)CC(C)Oc1ccc(N)cc1C(F)F. The highest BCUT2D eigenvalue weighted by Crippen LogP contribution is 2.31. The highest BCUT2D eigenvalue weighted by molar-refractivity contribution is 5.48. The summed E-state index contributed by atoms with van der Waals surface area (Å²) < 4.78 is 31.1. The summed E-state index contributed by atoms with van der Waals surface area (Å²) in [6.45, 7) is 6.01. The van der Waals surface area contributed by atoms with E-state index in [4.69, 9.17) is 10.5 Å². The minimum Gasteiger partial charge on any atom is -0.490 e. The zero-order chi connectivity index (χ0) is 13.0. The van der Waals surface area contributed by atoms with Crippen LogP contribution in [0, 0.1) is 5.92 Å². The van der Waals surface area contributed by atoms with Crippen LogP contribution in [0.2, 0.25) is 0 Å². The van der Waals surface area contributed by atoms with Gasteiger partial charge in [0.2, 0.25) is 0 Å². The normalized spacial score (nSPS) is 13.1. The number of hydrogen-bond acceptors (Lipinski definition) is 2. The fraction of sp³-hybridized carbons (Fsp3) is 0.538. The van der Waals surface area contributed by atoms with E-state index >= 15 is 0 Å². The Kier molecular flexibility index (Phi) is 4.73. The van der Waals surface area contributed by atoms with Crippen molar-refractivity contribution in [1.82, 2.24) is 0 Å². The van der Waals surface area contributed by atoms with Crippen LogP contribution in [-0.2, 0) is 0 Å². The topological polar surface area (TPSA) is 35.2 Å². The van der Waals surface area contributed by atoms with Crippen molar-refractivity contribution in [1.29, 1.82) is 0 Å². The Morgan fingerprint density at radius 1 is 1.24 bits per heavy atom. The average molecular weight is 243 g/mol. The lowest BCUT2D eigenvalue weighted by Crippen LogP contribution is -2.15. The molecule has 2 N–H and O–H groups in total. The molecule has 0 amide bonds. The molecule has 0 saturated carbocycles. The lowest BCUT2D eigenvalue weighted by molar-refractivity contribution is 0.135. The second-order valence-corrected chi connectivity index (χ2v) is 4.66. The molecule has 2 nitrogen and oxygen atoms in total. The van der Waals surface area contributed by atoms with Gasteiger partial charge in [-0.1, -0.05) is 13.8 Å². The van der Waals surface area contributed by atoms with Crippen molar-refractivity contribution in [2.45, 2.75) is 39.7 Å². The molecule has 0 spiro atoms. The van der Waals surface area contributed by atoms with Gasteiger partial charge in [-0.3, -0.25) is 0 Å². The minimum atomic E-state index is -2.57. The van der Waals surface area contributed by atoms with Crippen LogP contribution in [0.3, 0.4) is 0 Å². The van der Waals surface area contributed by atoms with Crippen molar-refractivity contribution in [2.75, 3.05) is 5.73 Å². The Morgan fingerprint density at radius 3 is 2.41 bits per heavy atom. The number of halogens is 2. The molecule has 0 fully saturated rings. The molecule has 4 heteroatoms. The van der Waals surface area contributed by atoms with E-state index in [9.17, 15) is 8.78 Å². The first-order chi connectivity index (χ1) is 7.90. The van der Waals surface area contributed by atoms with Crippen molar-refractivity contribution in [3.05, 3.63) is 23.8 Å². The summed E-state index contributed by atoms with van der Waals surface area (Å²) in [7, 11) is 0. The van der Waals surface area contributed by atoms with Gasteiger partial charge in [0, 0.05) is 5.69 Å². The molecule has 1 unspecified atom stereocenters. The Bertz CT molecular complexity index is 366. The third-order valence-corrected chi connectivity index (χ3v) is 2.40. The summed E-state index contributed by atoms with van der Waals surface area (Å²) in [5, 5.41) is 0. The summed E-state index contributed by atoms with van der Waals surface area (Å²) >= 11 is 0. The minimum absolute atomic E-state index is 0.0869. The van der Waals surface area contributed by atoms with Gasteiger partial charge in [0.05, 0.1) is 11.7 Å². The predicted octanol–water partition coefficient (Wildman–Crippen LogP) is 4.02. The number of nitrogen functional groups attached to an aromatic ring is 1. The summed E-state index contributed by atoms with van der Waals surface area (Å²) in [4.78, 5) is 0. The van der Waals surface area contributed by atoms with E-state index in [0.717, 1.165) is 6.42 Å². The molecule has 1 aromatic carbocycles. The average Bonchev–Trinajstić information content (AvgIpc) is 2.19. The summed E-state index contributed by atoms with van der Waals surface area (Å²) in [6.07, 6.45) is -1.83. The highest BCUT2D eigenvalue weighted by Gasteiger charge is 2.16. The lowest BCUT2D eigenvalue weighted by Gasteiger charge is -2.19. The molecule has 0 bridgehead atoms. The number of benzene rings is 1. The smallest absolute Gasteiger partial charge is 0.267 e. The van der Waals surface area contributed by atoms with E-state index in [1.165, 1.54) is 12.1 Å². The van der Waals surface area contributed by atoms with Gasteiger partial charge in [-0.15, -0.1) is 0 Å². The maximum absolute atomic E-state index is 12.8. The van der Waals surface area contributed by atoms with E-state index in [-0.39, 0.29) is 17.4 Å². The maximum Gasteiger partial charge on any atom is 0.267 e. The summed E-state index contributed by atoms with van der Waals surface area (Å²) in [6, 6.07) is 4.35. The molecule has 0 radical (unpaired) electrons. The van der Waals surface area contributed by atoms with Crippen molar-refractivity contribution in [2.24, 2.45) is 5.92 Å².